The Hall–Kier alpha value is -4.03. The number of benzene rings is 2. The Bertz CT molecular complexity index is 1650. The summed E-state index contributed by atoms with van der Waals surface area (Å²) in [4.78, 5) is 4.35. The molecule has 5 rings (SSSR count). The number of nitriles is 1. The molecule has 4 aromatic rings. The van der Waals surface area contributed by atoms with Gasteiger partial charge in [0.1, 0.15) is 17.6 Å². The van der Waals surface area contributed by atoms with Crippen LogP contribution in [0.4, 0.5) is 5.69 Å². The summed E-state index contributed by atoms with van der Waals surface area (Å²) in [6, 6.07) is 17.4. The fourth-order valence-corrected chi connectivity index (χ4v) is 6.02. The predicted octanol–water partition coefficient (Wildman–Crippen LogP) is 6.56. The zero-order valence-corrected chi connectivity index (χ0v) is 22.5. The van der Waals surface area contributed by atoms with Crippen molar-refractivity contribution in [3.8, 4) is 34.7 Å². The van der Waals surface area contributed by atoms with E-state index in [-0.39, 0.29) is 11.8 Å². The van der Waals surface area contributed by atoms with Crippen molar-refractivity contribution in [1.82, 2.24) is 9.55 Å². The summed E-state index contributed by atoms with van der Waals surface area (Å²) in [5, 5.41) is 11.1. The van der Waals surface area contributed by atoms with Gasteiger partial charge in [-0.15, -0.1) is 0 Å². The number of aryl methyl sites for hydroxylation is 1. The summed E-state index contributed by atoms with van der Waals surface area (Å²) in [5.74, 6) is 1.70. The lowest BCUT2D eigenvalue weighted by Gasteiger charge is -2.30. The highest BCUT2D eigenvalue weighted by Crippen LogP contribution is 2.46. The summed E-state index contributed by atoms with van der Waals surface area (Å²) in [7, 11) is -1.90. The lowest BCUT2D eigenvalue weighted by atomic mass is 9.92. The number of hydrogen-bond acceptors (Lipinski definition) is 6. The van der Waals surface area contributed by atoms with E-state index in [1.54, 1.807) is 25.4 Å². The molecular formula is C29H30N4O4S. The Morgan fingerprint density at radius 1 is 1.18 bits per heavy atom. The van der Waals surface area contributed by atoms with Crippen LogP contribution in [-0.2, 0) is 10.0 Å². The van der Waals surface area contributed by atoms with Crippen LogP contribution in [0.15, 0.2) is 54.7 Å². The van der Waals surface area contributed by atoms with Gasteiger partial charge in [0.25, 0.3) is 0 Å². The van der Waals surface area contributed by atoms with Crippen molar-refractivity contribution in [2.75, 3.05) is 17.6 Å². The van der Waals surface area contributed by atoms with Gasteiger partial charge in [-0.25, -0.2) is 13.4 Å². The second-order valence-electron chi connectivity index (χ2n) is 9.53. The minimum Gasteiger partial charge on any atom is -0.496 e. The molecule has 196 valence electrons. The average molecular weight is 531 g/mol. The molecule has 1 saturated carbocycles. The van der Waals surface area contributed by atoms with Crippen molar-refractivity contribution in [3.63, 3.8) is 0 Å². The lowest BCUT2D eigenvalue weighted by molar-refractivity contribution is 0.323. The molecular weight excluding hydrogens is 500 g/mol. The zero-order valence-electron chi connectivity index (χ0n) is 21.7. The maximum absolute atomic E-state index is 12.3. The van der Waals surface area contributed by atoms with Gasteiger partial charge in [0.05, 0.1) is 35.3 Å². The number of hydrogen-bond donors (Lipinski definition) is 1. The standard InChI is InChI=1S/C29H30N4O4S/c1-4-15-38(34,35)32-20-10-12-24(27(16-20)36-3)28-25(18-30)23-13-11-22(37-29-19(2)7-6-14-31-29)17-26(23)33(28)21-8-5-9-21/h6-7,10-14,16-17,21,32H,4-5,8-9,15H2,1-3H3. The molecule has 2 aromatic heterocycles. The Morgan fingerprint density at radius 2 is 2.00 bits per heavy atom. The first kappa shape index (κ1) is 25.6. The molecule has 9 heteroatoms. The third-order valence-corrected chi connectivity index (χ3v) is 8.40. The van der Waals surface area contributed by atoms with Crippen molar-refractivity contribution in [1.29, 1.82) is 5.26 Å². The van der Waals surface area contributed by atoms with Gasteiger partial charge in [-0.05, 0) is 62.9 Å². The van der Waals surface area contributed by atoms with Gasteiger partial charge in [0, 0.05) is 40.9 Å². The topological polar surface area (TPSA) is 106 Å². The normalized spacial score (nSPS) is 13.6. The molecule has 8 nitrogen and oxygen atoms in total. The lowest BCUT2D eigenvalue weighted by Crippen LogP contribution is -2.18. The van der Waals surface area contributed by atoms with Crippen molar-refractivity contribution in [3.05, 3.63) is 65.9 Å². The third kappa shape index (κ3) is 4.79. The van der Waals surface area contributed by atoms with E-state index in [9.17, 15) is 13.7 Å². The SMILES string of the molecule is CCCS(=O)(=O)Nc1ccc(-c2c(C#N)c3ccc(Oc4ncccc4C)cc3n2C2CCC2)c(OC)c1. The van der Waals surface area contributed by atoms with Gasteiger partial charge < -0.3 is 14.0 Å². The van der Waals surface area contributed by atoms with Crippen LogP contribution in [0.1, 0.15) is 49.8 Å². The Kier molecular flexibility index (Phi) is 7.00. The molecule has 0 amide bonds. The second-order valence-corrected chi connectivity index (χ2v) is 11.4. The van der Waals surface area contributed by atoms with Gasteiger partial charge in [0.2, 0.25) is 15.9 Å². The van der Waals surface area contributed by atoms with Gasteiger partial charge in [-0.3, -0.25) is 4.72 Å². The summed E-state index contributed by atoms with van der Waals surface area (Å²) in [6.07, 6.45) is 5.34. The van der Waals surface area contributed by atoms with E-state index in [0.717, 1.165) is 47.0 Å². The van der Waals surface area contributed by atoms with Crippen LogP contribution in [0.5, 0.6) is 17.4 Å². The van der Waals surface area contributed by atoms with Gasteiger partial charge in [0.15, 0.2) is 0 Å². The highest BCUT2D eigenvalue weighted by Gasteiger charge is 2.29. The highest BCUT2D eigenvalue weighted by atomic mass is 32.2. The molecule has 1 fully saturated rings. The molecule has 0 bridgehead atoms. The number of aromatic nitrogens is 2. The molecule has 0 atom stereocenters. The molecule has 0 radical (unpaired) electrons. The molecule has 1 N–H and O–H groups in total. The Morgan fingerprint density at radius 3 is 2.66 bits per heavy atom. The number of sulfonamides is 1. The van der Waals surface area contributed by atoms with E-state index in [1.165, 1.54) is 0 Å². The molecule has 0 aliphatic heterocycles. The highest BCUT2D eigenvalue weighted by molar-refractivity contribution is 7.92. The van der Waals surface area contributed by atoms with Crippen LogP contribution >= 0.6 is 0 Å². The number of ether oxygens (including phenoxy) is 2. The Labute approximate surface area is 222 Å². The van der Waals surface area contributed by atoms with Crippen molar-refractivity contribution in [2.45, 2.75) is 45.6 Å². The van der Waals surface area contributed by atoms with Crippen molar-refractivity contribution < 1.29 is 17.9 Å². The Balaban J connectivity index is 1.65. The summed E-state index contributed by atoms with van der Waals surface area (Å²) >= 11 is 0. The minimum absolute atomic E-state index is 0.0357. The summed E-state index contributed by atoms with van der Waals surface area (Å²) in [5.41, 5.74) is 4.30. The van der Waals surface area contributed by atoms with Gasteiger partial charge >= 0.3 is 0 Å². The van der Waals surface area contributed by atoms with E-state index in [4.69, 9.17) is 9.47 Å². The maximum Gasteiger partial charge on any atom is 0.232 e. The maximum atomic E-state index is 12.3. The van der Waals surface area contributed by atoms with E-state index in [2.05, 4.69) is 20.3 Å². The minimum atomic E-state index is -3.45. The van der Waals surface area contributed by atoms with Crippen LogP contribution in [-0.4, -0.2) is 30.8 Å². The fraction of sp³-hybridized carbons (Fsp3) is 0.310. The first-order valence-corrected chi connectivity index (χ1v) is 14.4. The van der Waals surface area contributed by atoms with Crippen molar-refractivity contribution >= 4 is 26.6 Å². The van der Waals surface area contributed by atoms with E-state index >= 15 is 0 Å². The number of rotatable bonds is 9. The molecule has 0 saturated heterocycles. The zero-order chi connectivity index (χ0) is 26.9. The number of pyridine rings is 1. The third-order valence-electron chi connectivity index (χ3n) is 6.91. The molecule has 0 unspecified atom stereocenters. The monoisotopic (exact) mass is 530 g/mol. The number of nitrogens with zero attached hydrogens (tertiary/aromatic N) is 3. The first-order valence-electron chi connectivity index (χ1n) is 12.7. The second kappa shape index (κ2) is 10.4. The summed E-state index contributed by atoms with van der Waals surface area (Å²) < 4.78 is 41.3. The summed E-state index contributed by atoms with van der Waals surface area (Å²) in [6.45, 7) is 3.77. The molecule has 1 aliphatic rings. The number of methoxy groups -OCH3 is 1. The largest absolute Gasteiger partial charge is 0.496 e. The smallest absolute Gasteiger partial charge is 0.232 e. The molecule has 2 heterocycles. The van der Waals surface area contributed by atoms with Crippen LogP contribution in [0.2, 0.25) is 0 Å². The average Bonchev–Trinajstić information content (AvgIpc) is 3.17. The molecule has 38 heavy (non-hydrogen) atoms. The van der Waals surface area contributed by atoms with Crippen LogP contribution in [0.3, 0.4) is 0 Å². The number of nitrogens with one attached hydrogen (secondary N) is 1. The van der Waals surface area contributed by atoms with Gasteiger partial charge in [-0.2, -0.15) is 5.26 Å². The molecule has 2 aromatic carbocycles. The van der Waals surface area contributed by atoms with E-state index in [1.807, 2.05) is 50.2 Å². The van der Waals surface area contributed by atoms with Crippen LogP contribution < -0.4 is 14.2 Å². The molecule has 1 aliphatic carbocycles. The fourth-order valence-electron chi connectivity index (χ4n) is 4.90. The van der Waals surface area contributed by atoms with Gasteiger partial charge in [-0.1, -0.05) is 13.0 Å². The number of fused-ring (bicyclic) bond motifs is 1. The van der Waals surface area contributed by atoms with E-state index in [0.29, 0.717) is 35.1 Å². The molecule has 0 spiro atoms. The quantitative estimate of drug-likeness (QED) is 0.263. The predicted molar refractivity (Wildman–Crippen MR) is 148 cm³/mol. The van der Waals surface area contributed by atoms with E-state index < -0.39 is 10.0 Å². The van der Waals surface area contributed by atoms with Crippen molar-refractivity contribution in [2.24, 2.45) is 0 Å². The number of anilines is 1. The van der Waals surface area contributed by atoms with Crippen LogP contribution in [0.25, 0.3) is 22.2 Å². The first-order chi connectivity index (χ1) is 18.3. The van der Waals surface area contributed by atoms with Crippen LogP contribution in [0, 0.1) is 18.3 Å².